The maximum absolute atomic E-state index is 3.90. The summed E-state index contributed by atoms with van der Waals surface area (Å²) in [5.41, 5.74) is 4.64. The van der Waals surface area contributed by atoms with Crippen LogP contribution >= 0.6 is 0 Å². The monoisotopic (exact) mass is 216 g/mol. The third-order valence-corrected chi connectivity index (χ3v) is 3.22. The predicted molar refractivity (Wildman–Crippen MR) is 73.1 cm³/mol. The second kappa shape index (κ2) is 4.86. The molecule has 0 radical (unpaired) electrons. The van der Waals surface area contributed by atoms with Gasteiger partial charge in [0.1, 0.15) is 0 Å². The Kier molecular flexibility index (Phi) is 3.96. The second-order valence-electron chi connectivity index (χ2n) is 5.50. The Morgan fingerprint density at radius 1 is 1.31 bits per heavy atom. The van der Waals surface area contributed by atoms with Crippen LogP contribution in [0.1, 0.15) is 57.2 Å². The Hall–Kier alpha value is -1.04. The van der Waals surface area contributed by atoms with Crippen LogP contribution in [0.2, 0.25) is 0 Å². The van der Waals surface area contributed by atoms with Crippen LogP contribution in [-0.4, -0.2) is 0 Å². The number of hydrogen-bond acceptors (Lipinski definition) is 0. The van der Waals surface area contributed by atoms with Gasteiger partial charge in [-0.15, -0.1) is 6.58 Å². The SMILES string of the molecule is C=CC(C)c1cccc(C(C)(C)C)c1CC. The summed E-state index contributed by atoms with van der Waals surface area (Å²) in [5.74, 6) is 0.442. The average molecular weight is 216 g/mol. The predicted octanol–water partition coefficient (Wildman–Crippen LogP) is 4.84. The van der Waals surface area contributed by atoms with Gasteiger partial charge in [-0.2, -0.15) is 0 Å². The first-order chi connectivity index (χ1) is 7.41. The fourth-order valence-electron chi connectivity index (χ4n) is 2.26. The molecule has 0 saturated heterocycles. The van der Waals surface area contributed by atoms with E-state index in [0.717, 1.165) is 6.42 Å². The van der Waals surface area contributed by atoms with Crippen molar-refractivity contribution in [1.29, 1.82) is 0 Å². The van der Waals surface area contributed by atoms with Gasteiger partial charge in [0.05, 0.1) is 0 Å². The van der Waals surface area contributed by atoms with Crippen molar-refractivity contribution < 1.29 is 0 Å². The normalized spacial score (nSPS) is 13.6. The molecule has 16 heavy (non-hydrogen) atoms. The summed E-state index contributed by atoms with van der Waals surface area (Å²) in [6, 6.07) is 6.67. The van der Waals surface area contributed by atoms with Gasteiger partial charge in [-0.25, -0.2) is 0 Å². The fourth-order valence-corrected chi connectivity index (χ4v) is 2.26. The van der Waals surface area contributed by atoms with E-state index in [4.69, 9.17) is 0 Å². The molecule has 0 bridgehead atoms. The molecule has 0 nitrogen and oxygen atoms in total. The molecule has 1 aromatic rings. The molecule has 0 amide bonds. The highest BCUT2D eigenvalue weighted by molar-refractivity contribution is 5.42. The third-order valence-electron chi connectivity index (χ3n) is 3.22. The van der Waals surface area contributed by atoms with Gasteiger partial charge >= 0.3 is 0 Å². The minimum atomic E-state index is 0.224. The van der Waals surface area contributed by atoms with Gasteiger partial charge in [-0.3, -0.25) is 0 Å². The standard InChI is InChI=1S/C16H24/c1-7-12(3)14-10-9-11-15(13(14)8-2)16(4,5)6/h7,9-12H,1,8H2,2-6H3. The minimum absolute atomic E-state index is 0.224. The fraction of sp³-hybridized carbons (Fsp3) is 0.500. The molecular formula is C16H24. The highest BCUT2D eigenvalue weighted by atomic mass is 14.2. The molecule has 88 valence electrons. The van der Waals surface area contributed by atoms with Crippen molar-refractivity contribution in [2.45, 2.75) is 52.4 Å². The summed E-state index contributed by atoms with van der Waals surface area (Å²) in [6.45, 7) is 15.2. The smallest absolute Gasteiger partial charge is 0.00103 e. The number of benzene rings is 1. The summed E-state index contributed by atoms with van der Waals surface area (Å²) in [6.07, 6.45) is 3.13. The van der Waals surface area contributed by atoms with Crippen LogP contribution in [0.5, 0.6) is 0 Å². The highest BCUT2D eigenvalue weighted by Crippen LogP contribution is 2.31. The minimum Gasteiger partial charge on any atom is -0.102 e. The van der Waals surface area contributed by atoms with Crippen LogP contribution in [0.15, 0.2) is 30.9 Å². The first-order valence-electron chi connectivity index (χ1n) is 6.16. The van der Waals surface area contributed by atoms with E-state index in [-0.39, 0.29) is 5.41 Å². The van der Waals surface area contributed by atoms with Crippen LogP contribution in [0.3, 0.4) is 0 Å². The largest absolute Gasteiger partial charge is 0.102 e. The van der Waals surface area contributed by atoms with E-state index in [1.54, 1.807) is 0 Å². The lowest BCUT2D eigenvalue weighted by molar-refractivity contribution is 0.581. The maximum atomic E-state index is 3.90. The van der Waals surface area contributed by atoms with Crippen molar-refractivity contribution in [1.82, 2.24) is 0 Å². The van der Waals surface area contributed by atoms with Crippen molar-refractivity contribution >= 4 is 0 Å². The second-order valence-corrected chi connectivity index (χ2v) is 5.50. The molecule has 1 atom stereocenters. The Balaban J connectivity index is 3.37. The van der Waals surface area contributed by atoms with Gasteiger partial charge in [0.2, 0.25) is 0 Å². The van der Waals surface area contributed by atoms with Crippen LogP contribution in [0.4, 0.5) is 0 Å². The maximum Gasteiger partial charge on any atom is -0.00103 e. The molecule has 1 rings (SSSR count). The molecule has 0 spiro atoms. The number of rotatable bonds is 3. The van der Waals surface area contributed by atoms with E-state index in [0.29, 0.717) is 5.92 Å². The van der Waals surface area contributed by atoms with Crippen molar-refractivity contribution in [2.75, 3.05) is 0 Å². The molecule has 0 heterocycles. The van der Waals surface area contributed by atoms with E-state index in [9.17, 15) is 0 Å². The topological polar surface area (TPSA) is 0 Å². The molecule has 0 N–H and O–H groups in total. The summed E-state index contributed by atoms with van der Waals surface area (Å²) >= 11 is 0. The molecule has 1 aromatic carbocycles. The van der Waals surface area contributed by atoms with Crippen molar-refractivity contribution in [3.8, 4) is 0 Å². The van der Waals surface area contributed by atoms with Gasteiger partial charge in [-0.1, -0.05) is 58.9 Å². The van der Waals surface area contributed by atoms with Gasteiger partial charge < -0.3 is 0 Å². The Morgan fingerprint density at radius 2 is 1.94 bits per heavy atom. The van der Waals surface area contributed by atoms with Crippen molar-refractivity contribution in [3.63, 3.8) is 0 Å². The molecule has 0 heteroatoms. The van der Waals surface area contributed by atoms with Gasteiger partial charge in [0.15, 0.2) is 0 Å². The molecule has 0 aliphatic carbocycles. The van der Waals surface area contributed by atoms with E-state index in [1.165, 1.54) is 16.7 Å². The zero-order valence-corrected chi connectivity index (χ0v) is 11.3. The van der Waals surface area contributed by atoms with Crippen LogP contribution < -0.4 is 0 Å². The summed E-state index contributed by atoms with van der Waals surface area (Å²) in [7, 11) is 0. The lowest BCUT2D eigenvalue weighted by Gasteiger charge is -2.25. The summed E-state index contributed by atoms with van der Waals surface area (Å²) in [4.78, 5) is 0. The van der Waals surface area contributed by atoms with E-state index in [2.05, 4.69) is 59.4 Å². The van der Waals surface area contributed by atoms with Gasteiger partial charge in [-0.05, 0) is 34.4 Å². The van der Waals surface area contributed by atoms with E-state index in [1.807, 2.05) is 6.08 Å². The zero-order valence-electron chi connectivity index (χ0n) is 11.3. The molecule has 0 fully saturated rings. The summed E-state index contributed by atoms with van der Waals surface area (Å²) < 4.78 is 0. The lowest BCUT2D eigenvalue weighted by Crippen LogP contribution is -2.15. The van der Waals surface area contributed by atoms with Crippen molar-refractivity contribution in [2.24, 2.45) is 0 Å². The average Bonchev–Trinajstić information content (AvgIpc) is 2.25. The first-order valence-corrected chi connectivity index (χ1v) is 6.16. The Bertz CT molecular complexity index is 366. The van der Waals surface area contributed by atoms with E-state index < -0.39 is 0 Å². The molecule has 1 unspecified atom stereocenters. The number of allylic oxidation sites excluding steroid dienone is 1. The molecule has 0 aliphatic rings. The zero-order chi connectivity index (χ0) is 12.3. The molecule has 0 saturated carbocycles. The molecular weight excluding hydrogens is 192 g/mol. The summed E-state index contributed by atoms with van der Waals surface area (Å²) in [5, 5.41) is 0. The van der Waals surface area contributed by atoms with Gasteiger partial charge in [0.25, 0.3) is 0 Å². The quantitative estimate of drug-likeness (QED) is 0.634. The van der Waals surface area contributed by atoms with Crippen molar-refractivity contribution in [3.05, 3.63) is 47.5 Å². The third kappa shape index (κ3) is 2.55. The highest BCUT2D eigenvalue weighted by Gasteiger charge is 2.19. The molecule has 0 aliphatic heterocycles. The van der Waals surface area contributed by atoms with Crippen LogP contribution in [0.25, 0.3) is 0 Å². The lowest BCUT2D eigenvalue weighted by atomic mass is 9.79. The number of hydrogen-bond donors (Lipinski definition) is 0. The Morgan fingerprint density at radius 3 is 2.38 bits per heavy atom. The van der Waals surface area contributed by atoms with E-state index >= 15 is 0 Å². The molecule has 0 aromatic heterocycles. The first kappa shape index (κ1) is 13.0. The van der Waals surface area contributed by atoms with Gasteiger partial charge in [0, 0.05) is 0 Å². The Labute approximate surface area is 100 Å². The van der Waals surface area contributed by atoms with Crippen LogP contribution in [0, 0.1) is 0 Å². The van der Waals surface area contributed by atoms with Crippen LogP contribution in [-0.2, 0) is 11.8 Å².